The summed E-state index contributed by atoms with van der Waals surface area (Å²) in [6, 6.07) is 8.88. The first-order valence-corrected chi connectivity index (χ1v) is 20.7. The van der Waals surface area contributed by atoms with Gasteiger partial charge in [-0.25, -0.2) is 37.1 Å². The Morgan fingerprint density at radius 3 is 1.78 bits per heavy atom. The van der Waals surface area contributed by atoms with Crippen LogP contribution >= 0.6 is 54.5 Å². The van der Waals surface area contributed by atoms with Crippen LogP contribution in [-0.2, 0) is 9.47 Å². The molecule has 0 saturated heterocycles. The zero-order valence-corrected chi connectivity index (χ0v) is 38.0. The molecule has 12 nitrogen and oxygen atoms in total. The summed E-state index contributed by atoms with van der Waals surface area (Å²) in [7, 11) is 0. The lowest BCUT2D eigenvalue weighted by molar-refractivity contribution is 0.0536. The van der Waals surface area contributed by atoms with Crippen molar-refractivity contribution in [1.82, 2.24) is 24.1 Å². The van der Waals surface area contributed by atoms with Crippen LogP contribution in [0.25, 0.3) is 22.6 Å². The van der Waals surface area contributed by atoms with Crippen LogP contribution in [0.15, 0.2) is 64.1 Å². The van der Waals surface area contributed by atoms with Gasteiger partial charge in [0.2, 0.25) is 0 Å². The highest BCUT2D eigenvalue weighted by Crippen LogP contribution is 2.33. The van der Waals surface area contributed by atoms with Gasteiger partial charge in [0, 0.05) is 38.5 Å². The van der Waals surface area contributed by atoms with Gasteiger partial charge in [0.1, 0.15) is 14.9 Å². The molecule has 0 radical (unpaired) electrons. The van der Waals surface area contributed by atoms with E-state index in [0.29, 0.717) is 31.5 Å². The van der Waals surface area contributed by atoms with Crippen LogP contribution in [0.3, 0.4) is 0 Å². The molecular formula is C39H42Br2F4IN7O5. The molecule has 1 fully saturated rings. The zero-order valence-electron chi connectivity index (χ0n) is 32.6. The van der Waals surface area contributed by atoms with Gasteiger partial charge in [0.05, 0.1) is 42.6 Å². The highest BCUT2D eigenvalue weighted by molar-refractivity contribution is 14.1. The van der Waals surface area contributed by atoms with Crippen LogP contribution in [0.4, 0.5) is 38.5 Å². The van der Waals surface area contributed by atoms with Gasteiger partial charge < -0.3 is 14.8 Å². The monoisotopic (exact) mass is 1050 g/mol. The third kappa shape index (κ3) is 11.6. The highest BCUT2D eigenvalue weighted by atomic mass is 127. The fourth-order valence-electron chi connectivity index (χ4n) is 5.68. The molecule has 1 aliphatic rings. The van der Waals surface area contributed by atoms with Crippen LogP contribution < -0.4 is 15.1 Å². The number of alkyl halides is 4. The van der Waals surface area contributed by atoms with E-state index < -0.39 is 49.3 Å². The lowest BCUT2D eigenvalue weighted by Crippen LogP contribution is -2.40. The number of pyridine rings is 2. The Hall–Kier alpha value is -3.98. The predicted molar refractivity (Wildman–Crippen MR) is 228 cm³/mol. The van der Waals surface area contributed by atoms with Crippen molar-refractivity contribution in [2.24, 2.45) is 0 Å². The first-order valence-electron chi connectivity index (χ1n) is 18.0. The van der Waals surface area contributed by atoms with E-state index in [-0.39, 0.29) is 23.3 Å². The van der Waals surface area contributed by atoms with Gasteiger partial charge in [-0.1, -0.05) is 6.07 Å². The van der Waals surface area contributed by atoms with Crippen molar-refractivity contribution in [2.45, 2.75) is 91.4 Å². The number of hydrogen-bond acceptors (Lipinski definition) is 7. The van der Waals surface area contributed by atoms with Gasteiger partial charge in [-0.05, 0) is 146 Å². The number of benzene rings is 1. The predicted octanol–water partition coefficient (Wildman–Crippen LogP) is 10.7. The largest absolute Gasteiger partial charge is 0.443 e. The van der Waals surface area contributed by atoms with Gasteiger partial charge in [-0.3, -0.25) is 23.4 Å². The number of anilines is 2. The second-order valence-electron chi connectivity index (χ2n) is 15.4. The van der Waals surface area contributed by atoms with E-state index in [1.54, 1.807) is 93.3 Å². The van der Waals surface area contributed by atoms with Gasteiger partial charge in [-0.2, -0.15) is 0 Å². The fraction of sp³-hybridized carbons (Fsp3) is 0.410. The fourth-order valence-corrected chi connectivity index (χ4v) is 7.03. The Kier molecular flexibility index (Phi) is 14.1. The summed E-state index contributed by atoms with van der Waals surface area (Å²) in [5.74, 6) is -0.0975. The average molecular weight is 1050 g/mol. The minimum Gasteiger partial charge on any atom is -0.443 e. The number of aryl methyl sites for hydroxylation is 1. The number of aromatic nitrogens is 4. The number of carbonyl (C=O) groups excluding carboxylic acids is 3. The molecule has 0 aliphatic heterocycles. The van der Waals surface area contributed by atoms with E-state index in [4.69, 9.17) is 9.47 Å². The van der Waals surface area contributed by atoms with E-state index >= 15 is 0 Å². The summed E-state index contributed by atoms with van der Waals surface area (Å²) in [5.41, 5.74) is 2.42. The smallest absolute Gasteiger partial charge is 0.415 e. The second kappa shape index (κ2) is 18.1. The molecule has 0 unspecified atom stereocenters. The van der Waals surface area contributed by atoms with E-state index in [2.05, 4.69) is 69.7 Å². The van der Waals surface area contributed by atoms with Crippen molar-refractivity contribution in [3.63, 3.8) is 0 Å². The van der Waals surface area contributed by atoms with Gasteiger partial charge in [-0.15, -0.1) is 0 Å². The number of ether oxygens (including phenoxy) is 2. The number of nitrogens with zero attached hydrogens (tertiary/aromatic N) is 6. The molecule has 5 aromatic rings. The maximum atomic E-state index is 13.4. The number of nitrogens with one attached hydrogen (secondary N) is 1. The van der Waals surface area contributed by atoms with Crippen molar-refractivity contribution < 1.29 is 41.4 Å². The molecule has 1 N–H and O–H groups in total. The molecule has 6 rings (SSSR count). The standard InChI is InChI=1S/C25H27BrF2N4O3.C14H15BrF2IN3O2/c1-14-9-15(5-8-18(14)23(33)30-17-6-7-17)20-11-29-22-19(10-16(26)12-31(20)22)32(13-21(27)28)24(34)35-25(2,3)4;1-14(2,3)23-13(22)20(7-10(16)17)9-4-8(15)6-21-11(18)5-19-12(9)21/h5,8-12,17,21H,6-7,13H2,1-4H3,(H,30,33);4-6,10H,7H2,1-3H3. The molecule has 0 spiro atoms. The Labute approximate surface area is 363 Å². The number of rotatable bonds is 9. The van der Waals surface area contributed by atoms with Crippen molar-refractivity contribution in [3.05, 3.63) is 78.9 Å². The zero-order chi connectivity index (χ0) is 42.9. The van der Waals surface area contributed by atoms with E-state index in [1.807, 2.05) is 19.1 Å². The van der Waals surface area contributed by atoms with Crippen molar-refractivity contribution in [1.29, 1.82) is 0 Å². The number of hydrogen-bond donors (Lipinski definition) is 1. The summed E-state index contributed by atoms with van der Waals surface area (Å²) in [4.78, 5) is 48.2. The molecule has 58 heavy (non-hydrogen) atoms. The van der Waals surface area contributed by atoms with Gasteiger partial charge in [0.25, 0.3) is 18.8 Å². The molecule has 0 atom stereocenters. The summed E-state index contributed by atoms with van der Waals surface area (Å²) < 4.78 is 68.9. The van der Waals surface area contributed by atoms with Crippen molar-refractivity contribution in [3.8, 4) is 11.3 Å². The van der Waals surface area contributed by atoms with E-state index in [1.165, 1.54) is 0 Å². The van der Waals surface area contributed by atoms with Gasteiger partial charge in [0.15, 0.2) is 11.3 Å². The number of halogens is 7. The molecule has 4 heterocycles. The molecular weight excluding hydrogens is 1010 g/mol. The number of amides is 3. The minimum atomic E-state index is -2.77. The van der Waals surface area contributed by atoms with E-state index in [9.17, 15) is 31.9 Å². The summed E-state index contributed by atoms with van der Waals surface area (Å²) in [6.45, 7) is 10.3. The number of imidazole rings is 2. The molecule has 1 aromatic carbocycles. The maximum absolute atomic E-state index is 13.4. The minimum absolute atomic E-state index is 0.0975. The number of carbonyl (C=O) groups is 3. The van der Waals surface area contributed by atoms with Crippen molar-refractivity contribution in [2.75, 3.05) is 22.9 Å². The summed E-state index contributed by atoms with van der Waals surface area (Å²) in [6.07, 6.45) is 1.54. The molecule has 19 heteroatoms. The topological polar surface area (TPSA) is 123 Å². The molecule has 0 bridgehead atoms. The molecule has 1 aliphatic carbocycles. The van der Waals surface area contributed by atoms with Crippen LogP contribution in [0.1, 0.15) is 70.3 Å². The Morgan fingerprint density at radius 1 is 0.828 bits per heavy atom. The molecule has 1 saturated carbocycles. The van der Waals surface area contributed by atoms with Crippen LogP contribution in [-0.4, -0.2) is 80.0 Å². The average Bonchev–Trinajstić information content (AvgIpc) is 3.69. The Bertz CT molecular complexity index is 2320. The molecule has 4 aromatic heterocycles. The lowest BCUT2D eigenvalue weighted by Gasteiger charge is -2.27. The Morgan fingerprint density at radius 2 is 1.31 bits per heavy atom. The Balaban J connectivity index is 0.000000242. The third-order valence-electron chi connectivity index (χ3n) is 8.19. The summed E-state index contributed by atoms with van der Waals surface area (Å²) >= 11 is 8.83. The van der Waals surface area contributed by atoms with Gasteiger partial charge >= 0.3 is 12.2 Å². The first kappa shape index (κ1) is 45.1. The second-order valence-corrected chi connectivity index (χ2v) is 18.4. The van der Waals surface area contributed by atoms with Crippen molar-refractivity contribution >= 4 is 95.2 Å². The van der Waals surface area contributed by atoms with E-state index in [0.717, 1.165) is 37.5 Å². The highest BCUT2D eigenvalue weighted by Gasteiger charge is 2.31. The summed E-state index contributed by atoms with van der Waals surface area (Å²) in [5, 5.41) is 2.99. The third-order valence-corrected chi connectivity index (χ3v) is 9.86. The maximum Gasteiger partial charge on any atom is 0.415 e. The van der Waals surface area contributed by atoms with Crippen LogP contribution in [0, 0.1) is 10.6 Å². The first-order chi connectivity index (χ1) is 27.0. The van der Waals surface area contributed by atoms with Crippen LogP contribution in [0.5, 0.6) is 0 Å². The molecule has 3 amide bonds. The lowest BCUT2D eigenvalue weighted by atomic mass is 10.0. The number of fused-ring (bicyclic) bond motifs is 2. The quantitative estimate of drug-likeness (QED) is 0.115. The normalized spacial score (nSPS) is 13.1. The SMILES string of the molecule is CC(C)(C)OC(=O)N(CC(F)F)c1cc(Br)cn2c(I)cnc12.Cc1cc(-c2cnc3c(N(CC(F)F)C(=O)OC(C)(C)C)cc(Br)cn23)ccc1C(=O)NC1CC1. The van der Waals surface area contributed by atoms with Crippen LogP contribution in [0.2, 0.25) is 0 Å². The molecule has 312 valence electrons.